The molecule has 0 spiro atoms. The van der Waals surface area contributed by atoms with Crippen LogP contribution in [0.5, 0.6) is 0 Å². The van der Waals surface area contributed by atoms with E-state index < -0.39 is 0 Å². The molecule has 2 N–H and O–H groups in total. The summed E-state index contributed by atoms with van der Waals surface area (Å²) in [7, 11) is 0. The van der Waals surface area contributed by atoms with Crippen LogP contribution in [0, 0.1) is 13.8 Å². The standard InChI is InChI=1S/C20H24N6O2/c1-14-10-15(2)26(24-14)9-8-21-20(28)18-6-4-5-7-19(18)25-12-17(23-13-25)11-22-16(3)27/h4-7,10,12-13H,8-9,11H2,1-3H3,(H,21,28)(H,22,27). The highest BCUT2D eigenvalue weighted by atomic mass is 16.2. The van der Waals surface area contributed by atoms with Gasteiger partial charge in [0.25, 0.3) is 5.91 Å². The molecule has 3 rings (SSSR count). The normalized spacial score (nSPS) is 10.7. The number of aryl methyl sites for hydroxylation is 2. The van der Waals surface area contributed by atoms with Crippen LogP contribution in [0.3, 0.4) is 0 Å². The van der Waals surface area contributed by atoms with E-state index in [0.717, 1.165) is 22.8 Å². The molecule has 0 aliphatic carbocycles. The van der Waals surface area contributed by atoms with E-state index in [-0.39, 0.29) is 11.8 Å². The van der Waals surface area contributed by atoms with Crippen LogP contribution < -0.4 is 10.6 Å². The first kappa shape index (κ1) is 19.3. The zero-order valence-corrected chi connectivity index (χ0v) is 16.3. The number of carbonyl (C=O) groups excluding carboxylic acids is 2. The Kier molecular flexibility index (Phi) is 5.88. The van der Waals surface area contributed by atoms with Crippen LogP contribution in [-0.2, 0) is 17.9 Å². The van der Waals surface area contributed by atoms with Crippen LogP contribution >= 0.6 is 0 Å². The molecule has 2 amide bonds. The van der Waals surface area contributed by atoms with Crippen molar-refractivity contribution in [3.05, 3.63) is 65.5 Å². The van der Waals surface area contributed by atoms with Gasteiger partial charge in [-0.2, -0.15) is 5.10 Å². The number of imidazole rings is 1. The van der Waals surface area contributed by atoms with Crippen molar-refractivity contribution in [3.63, 3.8) is 0 Å². The van der Waals surface area contributed by atoms with Crippen LogP contribution in [0.2, 0.25) is 0 Å². The summed E-state index contributed by atoms with van der Waals surface area (Å²) in [4.78, 5) is 28.1. The van der Waals surface area contributed by atoms with Crippen LogP contribution in [0.25, 0.3) is 5.69 Å². The van der Waals surface area contributed by atoms with E-state index in [9.17, 15) is 9.59 Å². The van der Waals surface area contributed by atoms with Crippen molar-refractivity contribution in [2.24, 2.45) is 0 Å². The van der Waals surface area contributed by atoms with Crippen molar-refractivity contribution in [1.82, 2.24) is 30.0 Å². The third-order valence-electron chi connectivity index (χ3n) is 4.29. The molecule has 28 heavy (non-hydrogen) atoms. The highest BCUT2D eigenvalue weighted by Crippen LogP contribution is 2.15. The van der Waals surface area contributed by atoms with Gasteiger partial charge in [-0.25, -0.2) is 4.98 Å². The Morgan fingerprint density at radius 1 is 1.14 bits per heavy atom. The molecular formula is C20H24N6O2. The fourth-order valence-electron chi connectivity index (χ4n) is 2.96. The minimum absolute atomic E-state index is 0.114. The van der Waals surface area contributed by atoms with Gasteiger partial charge in [-0.05, 0) is 32.0 Å². The van der Waals surface area contributed by atoms with E-state index in [4.69, 9.17) is 0 Å². The van der Waals surface area contributed by atoms with E-state index in [1.165, 1.54) is 6.92 Å². The summed E-state index contributed by atoms with van der Waals surface area (Å²) >= 11 is 0. The first-order valence-electron chi connectivity index (χ1n) is 9.10. The summed E-state index contributed by atoms with van der Waals surface area (Å²) in [5.74, 6) is -0.272. The predicted octanol–water partition coefficient (Wildman–Crippen LogP) is 1.75. The Hall–Kier alpha value is -3.42. The Balaban J connectivity index is 1.68. The first-order valence-corrected chi connectivity index (χ1v) is 9.10. The maximum atomic E-state index is 12.7. The molecular weight excluding hydrogens is 356 g/mol. The van der Waals surface area contributed by atoms with Gasteiger partial charge in [0.05, 0.1) is 42.1 Å². The summed E-state index contributed by atoms with van der Waals surface area (Å²) in [6.45, 7) is 6.84. The number of para-hydroxylation sites is 1. The molecule has 0 saturated carbocycles. The van der Waals surface area contributed by atoms with Crippen molar-refractivity contribution in [2.75, 3.05) is 6.54 Å². The molecule has 0 saturated heterocycles. The average Bonchev–Trinajstić information content (AvgIpc) is 3.26. The summed E-state index contributed by atoms with van der Waals surface area (Å²) in [5.41, 5.74) is 4.03. The second-order valence-corrected chi connectivity index (χ2v) is 6.61. The molecule has 2 aromatic heterocycles. The van der Waals surface area contributed by atoms with Gasteiger partial charge >= 0.3 is 0 Å². The van der Waals surface area contributed by atoms with E-state index in [2.05, 4.69) is 20.7 Å². The Labute approximate surface area is 163 Å². The van der Waals surface area contributed by atoms with Gasteiger partial charge in [-0.15, -0.1) is 0 Å². The fraction of sp³-hybridized carbons (Fsp3) is 0.300. The monoisotopic (exact) mass is 380 g/mol. The predicted molar refractivity (Wildman–Crippen MR) is 105 cm³/mol. The minimum atomic E-state index is -0.158. The molecule has 3 aromatic rings. The largest absolute Gasteiger partial charge is 0.351 e. The van der Waals surface area contributed by atoms with E-state index in [0.29, 0.717) is 25.2 Å². The second kappa shape index (κ2) is 8.51. The molecule has 0 fully saturated rings. The highest BCUT2D eigenvalue weighted by Gasteiger charge is 2.13. The quantitative estimate of drug-likeness (QED) is 0.653. The lowest BCUT2D eigenvalue weighted by Gasteiger charge is -2.11. The lowest BCUT2D eigenvalue weighted by Crippen LogP contribution is -2.28. The highest BCUT2D eigenvalue weighted by molar-refractivity contribution is 5.97. The van der Waals surface area contributed by atoms with E-state index in [1.54, 1.807) is 23.2 Å². The fourth-order valence-corrected chi connectivity index (χ4v) is 2.96. The number of carbonyl (C=O) groups is 2. The second-order valence-electron chi connectivity index (χ2n) is 6.61. The third-order valence-corrected chi connectivity index (χ3v) is 4.29. The van der Waals surface area contributed by atoms with Crippen molar-refractivity contribution >= 4 is 11.8 Å². The van der Waals surface area contributed by atoms with E-state index >= 15 is 0 Å². The zero-order chi connectivity index (χ0) is 20.1. The van der Waals surface area contributed by atoms with Crippen molar-refractivity contribution < 1.29 is 9.59 Å². The molecule has 0 aliphatic heterocycles. The van der Waals surface area contributed by atoms with Gasteiger partial charge in [-0.1, -0.05) is 12.1 Å². The molecule has 1 aromatic carbocycles. The number of aromatic nitrogens is 4. The smallest absolute Gasteiger partial charge is 0.253 e. The molecule has 8 nitrogen and oxygen atoms in total. The SMILES string of the molecule is CC(=O)NCc1cn(-c2ccccc2C(=O)NCCn2nc(C)cc2C)cn1. The Bertz CT molecular complexity index is 988. The minimum Gasteiger partial charge on any atom is -0.351 e. The lowest BCUT2D eigenvalue weighted by atomic mass is 10.1. The van der Waals surface area contributed by atoms with Gasteiger partial charge in [-0.3, -0.25) is 14.3 Å². The Morgan fingerprint density at radius 2 is 1.93 bits per heavy atom. The lowest BCUT2D eigenvalue weighted by molar-refractivity contribution is -0.119. The van der Waals surface area contributed by atoms with Crippen molar-refractivity contribution in [1.29, 1.82) is 0 Å². The molecule has 0 aliphatic rings. The molecule has 0 radical (unpaired) electrons. The number of hydrogen-bond acceptors (Lipinski definition) is 4. The maximum Gasteiger partial charge on any atom is 0.253 e. The van der Waals surface area contributed by atoms with Gasteiger partial charge < -0.3 is 15.2 Å². The zero-order valence-electron chi connectivity index (χ0n) is 16.3. The molecule has 0 bridgehead atoms. The summed E-state index contributed by atoms with van der Waals surface area (Å²) in [6, 6.07) is 9.35. The number of rotatable bonds is 7. The van der Waals surface area contributed by atoms with Crippen LogP contribution in [0.1, 0.15) is 34.4 Å². The average molecular weight is 380 g/mol. The number of benzene rings is 1. The van der Waals surface area contributed by atoms with Crippen molar-refractivity contribution in [2.45, 2.75) is 33.9 Å². The van der Waals surface area contributed by atoms with E-state index in [1.807, 2.05) is 42.8 Å². The molecule has 0 atom stereocenters. The van der Waals surface area contributed by atoms with Gasteiger partial charge in [0.15, 0.2) is 0 Å². The first-order chi connectivity index (χ1) is 13.4. The number of nitrogens with zero attached hydrogens (tertiary/aromatic N) is 4. The van der Waals surface area contributed by atoms with Gasteiger partial charge in [0.2, 0.25) is 5.91 Å². The van der Waals surface area contributed by atoms with Gasteiger partial charge in [0, 0.05) is 25.4 Å². The van der Waals surface area contributed by atoms with Crippen LogP contribution in [0.15, 0.2) is 42.9 Å². The number of amides is 2. The number of hydrogen-bond donors (Lipinski definition) is 2. The van der Waals surface area contributed by atoms with Crippen LogP contribution in [-0.4, -0.2) is 37.7 Å². The summed E-state index contributed by atoms with van der Waals surface area (Å²) in [6.07, 6.45) is 3.44. The topological polar surface area (TPSA) is 93.8 Å². The summed E-state index contributed by atoms with van der Waals surface area (Å²) in [5, 5.41) is 10.1. The summed E-state index contributed by atoms with van der Waals surface area (Å²) < 4.78 is 3.67. The molecule has 8 heteroatoms. The molecule has 0 unspecified atom stereocenters. The molecule has 146 valence electrons. The Morgan fingerprint density at radius 3 is 2.64 bits per heavy atom. The third kappa shape index (κ3) is 4.64. The number of nitrogens with one attached hydrogen (secondary N) is 2. The van der Waals surface area contributed by atoms with Crippen LogP contribution in [0.4, 0.5) is 0 Å². The maximum absolute atomic E-state index is 12.7. The van der Waals surface area contributed by atoms with Crippen molar-refractivity contribution in [3.8, 4) is 5.69 Å². The molecule has 2 heterocycles. The van der Waals surface area contributed by atoms with Gasteiger partial charge in [0.1, 0.15) is 0 Å².